The van der Waals surface area contributed by atoms with Gasteiger partial charge in [0.2, 0.25) is 0 Å². The Morgan fingerprint density at radius 3 is 0.409 bits per heavy atom. The zero-order valence-electron chi connectivity index (χ0n) is 39.9. The molecule has 0 aliphatic rings. The van der Waals surface area contributed by atoms with E-state index in [1.165, 1.54) is 0 Å². The molecule has 0 radical (unpaired) electrons. The summed E-state index contributed by atoms with van der Waals surface area (Å²) in [7, 11) is 0. The summed E-state index contributed by atoms with van der Waals surface area (Å²) in [6.45, 7) is 0. The summed E-state index contributed by atoms with van der Waals surface area (Å²) in [5.74, 6) is -202. The first-order valence-corrected chi connectivity index (χ1v) is 23.7. The normalized spacial score (nSPS) is 17.5. The number of halogens is 52. The molecule has 0 saturated heterocycles. The van der Waals surface area contributed by atoms with E-state index in [1.807, 2.05) is 0 Å². The van der Waals surface area contributed by atoms with E-state index in [4.69, 9.17) is 0 Å². The first kappa shape index (κ1) is 86.0. The SMILES string of the molecule is FC(F)(F)C(F)(F)C(F)(F)C(F)(F)C(F)(F)C(F)(F)C(F)(F)C(F)(F)C(F)(F)C(F)(F)C(F)(F)C(F)(F)CC(I)CCCCCCCCC(I)CC(F)(F)C(F)(F)C(F)(F)C(F)(F)C(F)(F)C(F)(F)C(F)(F)C(F)(F)C(F)(F)C(F)(F)C(F)(F)C(F)(F)F. The van der Waals surface area contributed by atoms with Crippen molar-refractivity contribution in [1.82, 2.24) is 0 Å². The Hall–Kier alpha value is -2.04. The molecule has 0 aliphatic heterocycles. The van der Waals surface area contributed by atoms with Crippen LogP contribution >= 0.6 is 45.2 Å². The Balaban J connectivity index is 6.20. The molecule has 0 spiro atoms. The second kappa shape index (κ2) is 24.0. The van der Waals surface area contributed by atoms with E-state index in [-0.39, 0.29) is 0 Å². The standard InChI is InChI=1S/C36H22F50I2/c37-13(38,15(41,42)17(45,46)19(49,50)21(53,54)23(57,58)25(61,62)27(65,66)29(69,70)31(73,74)33(77,78)35(81,82)83)9-11(87)7-5-3-1-2-4-6-8-12(88)10-14(39,40)16(43,44)18(47,48)20(51,52)22(55,56)24(59,60)26(63,64)28(67,68)30(71,72)32(75,76)34(79,80)36(84,85)86/h11-12H,1-10H2. The van der Waals surface area contributed by atoms with Crippen molar-refractivity contribution in [2.75, 3.05) is 0 Å². The molecule has 0 aromatic carbocycles. The predicted octanol–water partition coefficient (Wildman–Crippen LogP) is 21.6. The molecule has 0 bridgehead atoms. The quantitative estimate of drug-likeness (QED) is 0.0266. The van der Waals surface area contributed by atoms with Crippen LogP contribution in [0.3, 0.4) is 0 Å². The van der Waals surface area contributed by atoms with Gasteiger partial charge in [0.05, 0.1) is 0 Å². The van der Waals surface area contributed by atoms with Gasteiger partial charge in [-0.2, -0.15) is 220 Å². The van der Waals surface area contributed by atoms with Crippen LogP contribution in [-0.4, -0.2) is 150 Å². The second-order valence-corrected chi connectivity index (χ2v) is 21.7. The molecule has 88 heavy (non-hydrogen) atoms. The van der Waals surface area contributed by atoms with Gasteiger partial charge >= 0.3 is 143 Å². The molecule has 0 rings (SSSR count). The van der Waals surface area contributed by atoms with Crippen LogP contribution in [0.1, 0.15) is 64.2 Å². The van der Waals surface area contributed by atoms with E-state index in [9.17, 15) is 220 Å². The maximum absolute atomic E-state index is 14.5. The lowest BCUT2D eigenvalue weighted by atomic mass is 9.84. The number of hydrogen-bond acceptors (Lipinski definition) is 0. The van der Waals surface area contributed by atoms with Gasteiger partial charge in [0.15, 0.2) is 0 Å². The van der Waals surface area contributed by atoms with Crippen LogP contribution in [-0.2, 0) is 0 Å². The molecule has 0 aromatic heterocycles. The van der Waals surface area contributed by atoms with Crippen molar-refractivity contribution in [3.8, 4) is 0 Å². The molecular formula is C36H22F50I2. The molecule has 0 N–H and O–H groups in total. The minimum Gasteiger partial charge on any atom is -0.200 e. The molecule has 2 atom stereocenters. The van der Waals surface area contributed by atoms with E-state index in [0.717, 1.165) is 0 Å². The maximum Gasteiger partial charge on any atom is 0.460 e. The van der Waals surface area contributed by atoms with Gasteiger partial charge in [-0.3, -0.25) is 0 Å². The molecular weight excluding hydrogens is 1640 g/mol. The Morgan fingerprint density at radius 2 is 0.273 bits per heavy atom. The lowest BCUT2D eigenvalue weighted by Gasteiger charge is -2.45. The number of unbranched alkanes of at least 4 members (excludes halogenated alkanes) is 5. The van der Waals surface area contributed by atoms with Crippen molar-refractivity contribution in [2.45, 2.75) is 215 Å². The lowest BCUT2D eigenvalue weighted by molar-refractivity contribution is -0.482. The highest BCUT2D eigenvalue weighted by atomic mass is 127. The van der Waals surface area contributed by atoms with Crippen LogP contribution in [0.4, 0.5) is 220 Å². The lowest BCUT2D eigenvalue weighted by Crippen LogP contribution is -2.78. The van der Waals surface area contributed by atoms with Gasteiger partial charge in [0.25, 0.3) is 0 Å². The van der Waals surface area contributed by atoms with Gasteiger partial charge in [0.1, 0.15) is 0 Å². The molecule has 0 fully saturated rings. The molecule has 0 heterocycles. The summed E-state index contributed by atoms with van der Waals surface area (Å²) in [6, 6.07) is 0. The summed E-state index contributed by atoms with van der Waals surface area (Å²) in [5.41, 5.74) is 0. The summed E-state index contributed by atoms with van der Waals surface area (Å²) in [6.07, 6.45) is -28.8. The number of alkyl halides is 52. The summed E-state index contributed by atoms with van der Waals surface area (Å²) in [5, 5.41) is 0. The van der Waals surface area contributed by atoms with Crippen molar-refractivity contribution in [2.24, 2.45) is 0 Å². The van der Waals surface area contributed by atoms with Crippen molar-refractivity contribution in [3.63, 3.8) is 0 Å². The first-order valence-electron chi connectivity index (χ1n) is 21.2. The highest BCUT2D eigenvalue weighted by Crippen LogP contribution is 2.71. The third kappa shape index (κ3) is 12.3. The van der Waals surface area contributed by atoms with Crippen LogP contribution < -0.4 is 0 Å². The number of rotatable bonds is 33. The van der Waals surface area contributed by atoms with Crippen molar-refractivity contribution < 1.29 is 220 Å². The van der Waals surface area contributed by atoms with Gasteiger partial charge in [-0.05, 0) is 12.8 Å². The molecule has 52 heteroatoms. The fourth-order valence-corrected chi connectivity index (χ4v) is 8.41. The highest BCUT2D eigenvalue weighted by Gasteiger charge is 3.02. The Labute approximate surface area is 478 Å². The zero-order chi connectivity index (χ0) is 72.2. The molecule has 530 valence electrons. The zero-order valence-corrected chi connectivity index (χ0v) is 44.2. The van der Waals surface area contributed by atoms with E-state index in [2.05, 4.69) is 0 Å². The molecule has 0 amide bonds. The fourth-order valence-electron chi connectivity index (χ4n) is 6.43. The van der Waals surface area contributed by atoms with Gasteiger partial charge in [-0.15, -0.1) is 0 Å². The Morgan fingerprint density at radius 1 is 0.159 bits per heavy atom. The van der Waals surface area contributed by atoms with E-state index < -0.39 is 215 Å². The fraction of sp³-hybridized carbons (Fsp3) is 1.00. The Kier molecular flexibility index (Phi) is 23.4. The summed E-state index contributed by atoms with van der Waals surface area (Å²) in [4.78, 5) is 0. The average molecular weight is 1660 g/mol. The van der Waals surface area contributed by atoms with Crippen LogP contribution in [0.15, 0.2) is 0 Å². The molecule has 0 nitrogen and oxygen atoms in total. The van der Waals surface area contributed by atoms with Gasteiger partial charge < -0.3 is 0 Å². The van der Waals surface area contributed by atoms with E-state index >= 15 is 0 Å². The molecule has 0 saturated carbocycles. The largest absolute Gasteiger partial charge is 0.460 e. The number of hydrogen-bond donors (Lipinski definition) is 0. The maximum atomic E-state index is 14.5. The summed E-state index contributed by atoms with van der Waals surface area (Å²) >= 11 is 0.950. The monoisotopic (exact) mass is 1660 g/mol. The highest BCUT2D eigenvalue weighted by molar-refractivity contribution is 14.1. The van der Waals surface area contributed by atoms with Crippen LogP contribution in [0.2, 0.25) is 0 Å². The van der Waals surface area contributed by atoms with E-state index in [1.54, 1.807) is 0 Å². The molecule has 2 unspecified atom stereocenters. The van der Waals surface area contributed by atoms with E-state index in [0.29, 0.717) is 45.2 Å². The Bertz CT molecular complexity index is 2170. The minimum atomic E-state index is -9.82. The van der Waals surface area contributed by atoms with Gasteiger partial charge in [-0.25, -0.2) is 0 Å². The van der Waals surface area contributed by atoms with Crippen molar-refractivity contribution in [1.29, 1.82) is 0 Å². The average Bonchev–Trinajstić information content (AvgIpc) is 3.29. The second-order valence-electron chi connectivity index (χ2n) is 18.2. The minimum absolute atomic E-state index is 0.465. The third-order valence-corrected chi connectivity index (χ3v) is 14.1. The molecule has 0 aromatic rings. The smallest absolute Gasteiger partial charge is 0.200 e. The van der Waals surface area contributed by atoms with Crippen molar-refractivity contribution in [3.05, 3.63) is 0 Å². The predicted molar refractivity (Wildman–Crippen MR) is 203 cm³/mol. The van der Waals surface area contributed by atoms with Crippen LogP contribution in [0.5, 0.6) is 0 Å². The van der Waals surface area contributed by atoms with Gasteiger partial charge in [-0.1, -0.05) is 83.7 Å². The van der Waals surface area contributed by atoms with Crippen molar-refractivity contribution >= 4 is 45.2 Å². The summed E-state index contributed by atoms with van der Waals surface area (Å²) < 4.78 is 682. The topological polar surface area (TPSA) is 0 Å². The molecule has 0 aliphatic carbocycles. The van der Waals surface area contributed by atoms with Crippen LogP contribution in [0.25, 0.3) is 0 Å². The third-order valence-electron chi connectivity index (χ3n) is 12.0. The first-order chi connectivity index (χ1) is 37.5. The van der Waals surface area contributed by atoms with Crippen LogP contribution in [0, 0.1) is 0 Å². The van der Waals surface area contributed by atoms with Gasteiger partial charge in [0, 0.05) is 20.7 Å².